The van der Waals surface area contributed by atoms with Crippen LogP contribution in [0.25, 0.3) is 0 Å². The van der Waals surface area contributed by atoms with Gasteiger partial charge in [0.05, 0.1) is 13.1 Å². The van der Waals surface area contributed by atoms with E-state index >= 15 is 0 Å². The van der Waals surface area contributed by atoms with E-state index in [2.05, 4.69) is 10.6 Å². The van der Waals surface area contributed by atoms with Gasteiger partial charge in [-0.3, -0.25) is 14.5 Å². The summed E-state index contributed by atoms with van der Waals surface area (Å²) in [7, 11) is 1.59. The summed E-state index contributed by atoms with van der Waals surface area (Å²) in [6, 6.07) is 0. The number of carbonyl (C=O) groups excluding carboxylic acids is 2. The van der Waals surface area contributed by atoms with Crippen LogP contribution in [-0.2, 0) is 9.59 Å². The van der Waals surface area contributed by atoms with E-state index < -0.39 is 0 Å². The van der Waals surface area contributed by atoms with Crippen LogP contribution < -0.4 is 10.6 Å². The molecule has 0 fully saturated rings. The Morgan fingerprint density at radius 1 is 1.12 bits per heavy atom. The van der Waals surface area contributed by atoms with Crippen LogP contribution >= 0.6 is 0 Å². The van der Waals surface area contributed by atoms with Gasteiger partial charge >= 0.3 is 0 Å². The van der Waals surface area contributed by atoms with E-state index in [0.29, 0.717) is 6.54 Å². The lowest BCUT2D eigenvalue weighted by molar-refractivity contribution is -0.125. The summed E-state index contributed by atoms with van der Waals surface area (Å²) >= 11 is 0. The molecule has 0 aromatic rings. The summed E-state index contributed by atoms with van der Waals surface area (Å²) < 4.78 is 0. The number of carbonyl (C=O) groups is 2. The molecule has 0 bridgehead atoms. The van der Waals surface area contributed by atoms with Crippen molar-refractivity contribution < 1.29 is 9.59 Å². The lowest BCUT2D eigenvalue weighted by Gasteiger charge is -2.24. The molecule has 0 radical (unpaired) electrons. The summed E-state index contributed by atoms with van der Waals surface area (Å²) in [5.74, 6) is -0.135. The number of amides is 2. The highest BCUT2D eigenvalue weighted by Crippen LogP contribution is 1.98. The molecule has 16 heavy (non-hydrogen) atoms. The molecule has 5 heteroatoms. The van der Waals surface area contributed by atoms with Crippen LogP contribution in [-0.4, -0.2) is 48.9 Å². The molecule has 0 heterocycles. The highest BCUT2D eigenvalue weighted by atomic mass is 16.2. The van der Waals surface area contributed by atoms with Crippen LogP contribution in [0.4, 0.5) is 0 Å². The largest absolute Gasteiger partial charge is 0.358 e. The predicted molar refractivity (Wildman–Crippen MR) is 64.1 cm³/mol. The molecule has 0 aromatic carbocycles. The van der Waals surface area contributed by atoms with Crippen LogP contribution in [0.15, 0.2) is 0 Å². The SMILES string of the molecule is CCN(CC(=O)NC)CC(=O)NC(C)(C)C. The maximum Gasteiger partial charge on any atom is 0.234 e. The van der Waals surface area contributed by atoms with Crippen LogP contribution in [0, 0.1) is 0 Å². The van der Waals surface area contributed by atoms with Gasteiger partial charge in [0.15, 0.2) is 0 Å². The molecule has 0 aliphatic carbocycles. The van der Waals surface area contributed by atoms with Crippen molar-refractivity contribution in [3.63, 3.8) is 0 Å². The van der Waals surface area contributed by atoms with Crippen molar-refractivity contribution in [2.45, 2.75) is 33.2 Å². The van der Waals surface area contributed by atoms with Crippen molar-refractivity contribution in [1.29, 1.82) is 0 Å². The first-order valence-electron chi connectivity index (χ1n) is 5.52. The Morgan fingerprint density at radius 2 is 1.62 bits per heavy atom. The zero-order valence-electron chi connectivity index (χ0n) is 10.9. The molecule has 0 rings (SSSR count). The molecule has 94 valence electrons. The fraction of sp³-hybridized carbons (Fsp3) is 0.818. The minimum absolute atomic E-state index is 0.0572. The van der Waals surface area contributed by atoms with Crippen molar-refractivity contribution in [3.05, 3.63) is 0 Å². The van der Waals surface area contributed by atoms with Crippen molar-refractivity contribution in [3.8, 4) is 0 Å². The smallest absolute Gasteiger partial charge is 0.234 e. The molecule has 0 atom stereocenters. The van der Waals surface area contributed by atoms with Gasteiger partial charge in [-0.25, -0.2) is 0 Å². The predicted octanol–water partition coefficient (Wildman–Crippen LogP) is -0.0310. The summed E-state index contributed by atoms with van der Waals surface area (Å²) in [5, 5.41) is 5.40. The second-order valence-electron chi connectivity index (χ2n) is 4.77. The number of nitrogens with zero attached hydrogens (tertiary/aromatic N) is 1. The molecule has 2 amide bonds. The maximum absolute atomic E-state index is 11.6. The minimum atomic E-state index is -0.233. The van der Waals surface area contributed by atoms with Gasteiger partial charge in [0, 0.05) is 12.6 Å². The van der Waals surface area contributed by atoms with Crippen molar-refractivity contribution >= 4 is 11.8 Å². The van der Waals surface area contributed by atoms with E-state index in [0.717, 1.165) is 0 Å². The fourth-order valence-corrected chi connectivity index (χ4v) is 1.22. The van der Waals surface area contributed by atoms with Gasteiger partial charge in [0.2, 0.25) is 11.8 Å². The molecule has 0 aliphatic heterocycles. The number of nitrogens with one attached hydrogen (secondary N) is 2. The molecule has 2 N–H and O–H groups in total. The number of hydrogen-bond acceptors (Lipinski definition) is 3. The maximum atomic E-state index is 11.6. The first kappa shape index (κ1) is 14.9. The quantitative estimate of drug-likeness (QED) is 0.696. The highest BCUT2D eigenvalue weighted by Gasteiger charge is 2.17. The Balaban J connectivity index is 4.12. The fourth-order valence-electron chi connectivity index (χ4n) is 1.22. The van der Waals surface area contributed by atoms with E-state index in [-0.39, 0.29) is 30.4 Å². The topological polar surface area (TPSA) is 61.4 Å². The minimum Gasteiger partial charge on any atom is -0.358 e. The number of rotatable bonds is 5. The first-order chi connectivity index (χ1) is 7.28. The second-order valence-corrected chi connectivity index (χ2v) is 4.77. The van der Waals surface area contributed by atoms with E-state index in [4.69, 9.17) is 0 Å². The van der Waals surface area contributed by atoms with Gasteiger partial charge in [-0.1, -0.05) is 6.92 Å². The molecule has 0 saturated carbocycles. The van der Waals surface area contributed by atoms with E-state index in [1.54, 1.807) is 11.9 Å². The monoisotopic (exact) mass is 229 g/mol. The average Bonchev–Trinajstić information content (AvgIpc) is 2.13. The molecule has 5 nitrogen and oxygen atoms in total. The molecular weight excluding hydrogens is 206 g/mol. The Hall–Kier alpha value is -1.10. The lowest BCUT2D eigenvalue weighted by Crippen LogP contribution is -2.47. The van der Waals surface area contributed by atoms with Crippen molar-refractivity contribution in [2.75, 3.05) is 26.7 Å². The Kier molecular flexibility index (Phi) is 6.03. The van der Waals surface area contributed by atoms with E-state index in [9.17, 15) is 9.59 Å². The van der Waals surface area contributed by atoms with Gasteiger partial charge < -0.3 is 10.6 Å². The van der Waals surface area contributed by atoms with Crippen LogP contribution in [0.1, 0.15) is 27.7 Å². The summed E-state index contributed by atoms with van der Waals surface area (Å²) in [6.07, 6.45) is 0. The third-order valence-electron chi connectivity index (χ3n) is 1.97. The Bertz CT molecular complexity index is 246. The molecule has 0 unspecified atom stereocenters. The van der Waals surface area contributed by atoms with Gasteiger partial charge in [-0.05, 0) is 27.3 Å². The normalized spacial score (nSPS) is 11.4. The zero-order valence-corrected chi connectivity index (χ0v) is 10.9. The first-order valence-corrected chi connectivity index (χ1v) is 5.52. The van der Waals surface area contributed by atoms with Gasteiger partial charge in [-0.15, -0.1) is 0 Å². The van der Waals surface area contributed by atoms with E-state index in [1.165, 1.54) is 0 Å². The second kappa shape index (κ2) is 6.48. The van der Waals surface area contributed by atoms with E-state index in [1.807, 2.05) is 27.7 Å². The summed E-state index contributed by atoms with van der Waals surface area (Å²) in [5.41, 5.74) is -0.233. The number of hydrogen-bond donors (Lipinski definition) is 2. The summed E-state index contributed by atoms with van der Waals surface area (Å²) in [6.45, 7) is 8.89. The van der Waals surface area contributed by atoms with Crippen LogP contribution in [0.2, 0.25) is 0 Å². The number of likely N-dealkylation sites (N-methyl/N-ethyl adjacent to an activating group) is 2. The summed E-state index contributed by atoms with van der Waals surface area (Å²) in [4.78, 5) is 24.6. The van der Waals surface area contributed by atoms with Gasteiger partial charge in [-0.2, -0.15) is 0 Å². The molecule has 0 aliphatic rings. The third-order valence-corrected chi connectivity index (χ3v) is 1.97. The van der Waals surface area contributed by atoms with Gasteiger partial charge in [0.1, 0.15) is 0 Å². The Labute approximate surface area is 97.6 Å². The molecular formula is C11H23N3O2. The average molecular weight is 229 g/mol. The van der Waals surface area contributed by atoms with Gasteiger partial charge in [0.25, 0.3) is 0 Å². The molecule has 0 spiro atoms. The van der Waals surface area contributed by atoms with Crippen molar-refractivity contribution in [2.24, 2.45) is 0 Å². The van der Waals surface area contributed by atoms with Crippen LogP contribution in [0.5, 0.6) is 0 Å². The van der Waals surface area contributed by atoms with Crippen molar-refractivity contribution in [1.82, 2.24) is 15.5 Å². The zero-order chi connectivity index (χ0) is 12.8. The molecule has 0 aromatic heterocycles. The highest BCUT2D eigenvalue weighted by molar-refractivity contribution is 5.81. The third kappa shape index (κ3) is 7.23. The Morgan fingerprint density at radius 3 is 2.00 bits per heavy atom. The standard InChI is InChI=1S/C11H23N3O2/c1-6-14(7-9(15)12-5)8-10(16)13-11(2,3)4/h6-8H2,1-5H3,(H,12,15)(H,13,16). The lowest BCUT2D eigenvalue weighted by atomic mass is 10.1. The van der Waals surface area contributed by atoms with Crippen LogP contribution in [0.3, 0.4) is 0 Å². The molecule has 0 saturated heterocycles.